The van der Waals surface area contributed by atoms with Gasteiger partial charge in [0.05, 0.1) is 7.11 Å². The molecule has 1 heterocycles. The summed E-state index contributed by atoms with van der Waals surface area (Å²) in [6, 6.07) is 1.89. The highest BCUT2D eigenvalue weighted by atomic mass is 19.4. The average molecular weight is 338 g/mol. The van der Waals surface area contributed by atoms with Crippen LogP contribution in [0.25, 0.3) is 0 Å². The van der Waals surface area contributed by atoms with E-state index in [-0.39, 0.29) is 11.8 Å². The monoisotopic (exact) mass is 338 g/mol. The van der Waals surface area contributed by atoms with E-state index in [2.05, 4.69) is 0 Å². The maximum atomic E-state index is 13.8. The highest BCUT2D eigenvalue weighted by molar-refractivity contribution is 5.61. The molecule has 0 saturated carbocycles. The Morgan fingerprint density at radius 2 is 1.91 bits per heavy atom. The van der Waals surface area contributed by atoms with E-state index in [4.69, 9.17) is 9.47 Å². The molecule has 1 saturated heterocycles. The summed E-state index contributed by atoms with van der Waals surface area (Å²) in [7, 11) is 1.07. The Morgan fingerprint density at radius 3 is 2.39 bits per heavy atom. The van der Waals surface area contributed by atoms with Gasteiger partial charge in [0.25, 0.3) is 0 Å². The van der Waals surface area contributed by atoms with Gasteiger partial charge in [0.1, 0.15) is 12.4 Å². The molecule has 1 aliphatic rings. The van der Waals surface area contributed by atoms with Gasteiger partial charge in [0.15, 0.2) is 17.2 Å². The molecule has 4 atom stereocenters. The van der Waals surface area contributed by atoms with Crippen molar-refractivity contribution in [1.29, 1.82) is 0 Å². The Balaban J connectivity index is 2.59. The molecular formula is C15H15F5O3. The van der Waals surface area contributed by atoms with Crippen LogP contribution in [0.4, 0.5) is 22.0 Å². The van der Waals surface area contributed by atoms with E-state index in [0.29, 0.717) is 0 Å². The van der Waals surface area contributed by atoms with Crippen LogP contribution in [0.3, 0.4) is 0 Å². The van der Waals surface area contributed by atoms with E-state index in [1.54, 1.807) is 0 Å². The first kappa shape index (κ1) is 17.7. The number of alkyl halides is 3. The van der Waals surface area contributed by atoms with Gasteiger partial charge in [0, 0.05) is 17.4 Å². The number of aldehydes is 1. The smallest absolute Gasteiger partial charge is 0.417 e. The Hall–Kier alpha value is -1.70. The van der Waals surface area contributed by atoms with Gasteiger partial charge in [-0.3, -0.25) is 0 Å². The first-order valence-corrected chi connectivity index (χ1v) is 6.80. The molecule has 0 aromatic heterocycles. The molecular weight excluding hydrogens is 323 g/mol. The molecule has 128 valence electrons. The predicted molar refractivity (Wildman–Crippen MR) is 70.2 cm³/mol. The molecule has 1 aromatic rings. The van der Waals surface area contributed by atoms with Crippen LogP contribution in [0.15, 0.2) is 12.1 Å². The molecule has 1 aliphatic heterocycles. The van der Waals surface area contributed by atoms with Gasteiger partial charge >= 0.3 is 6.18 Å². The third-order valence-corrected chi connectivity index (χ3v) is 4.48. The molecule has 1 fully saturated rings. The van der Waals surface area contributed by atoms with E-state index in [0.717, 1.165) is 26.2 Å². The minimum absolute atomic E-state index is 0.0380. The summed E-state index contributed by atoms with van der Waals surface area (Å²) in [6.45, 7) is 2.09. The van der Waals surface area contributed by atoms with E-state index in [9.17, 15) is 26.7 Å². The predicted octanol–water partition coefficient (Wildman–Crippen LogP) is 3.61. The Morgan fingerprint density at radius 1 is 1.30 bits per heavy atom. The van der Waals surface area contributed by atoms with Crippen LogP contribution >= 0.6 is 0 Å². The third-order valence-electron chi connectivity index (χ3n) is 4.48. The summed E-state index contributed by atoms with van der Waals surface area (Å²) in [5.74, 6) is -5.37. The minimum Gasteiger partial charge on any atom is -0.493 e. The summed E-state index contributed by atoms with van der Waals surface area (Å²) in [4.78, 5) is 11.2. The lowest BCUT2D eigenvalue weighted by molar-refractivity contribution is -0.271. The second-order valence-corrected chi connectivity index (χ2v) is 5.62. The summed E-state index contributed by atoms with van der Waals surface area (Å²) in [6.07, 6.45) is -5.94. The Labute approximate surface area is 129 Å². The SMILES string of the molecule is COc1c(C2[C@H](C=O)O[C@@](C)(C(F)(F)F)[C@H]2C)ccc(F)c1F. The van der Waals surface area contributed by atoms with Crippen molar-refractivity contribution in [3.8, 4) is 5.75 Å². The van der Waals surface area contributed by atoms with Crippen LogP contribution < -0.4 is 4.74 Å². The van der Waals surface area contributed by atoms with Crippen LogP contribution in [0.1, 0.15) is 25.3 Å². The summed E-state index contributed by atoms with van der Waals surface area (Å²) in [5.41, 5.74) is -2.62. The second kappa shape index (κ2) is 5.74. The van der Waals surface area contributed by atoms with Crippen molar-refractivity contribution in [2.45, 2.75) is 37.6 Å². The lowest BCUT2D eigenvalue weighted by atomic mass is 9.77. The van der Waals surface area contributed by atoms with Gasteiger partial charge in [-0.1, -0.05) is 13.0 Å². The maximum absolute atomic E-state index is 13.8. The standard InChI is InChI=1S/C15H15F5O3/c1-7-11(8-4-5-9(16)12(17)13(8)22-3)10(6-21)23-14(7,2)15(18,19)20/h4-7,10-11H,1-3H3/t7-,10-,11?,14+/m0/s1. The Bertz CT molecular complexity index is 616. The second-order valence-electron chi connectivity index (χ2n) is 5.62. The van der Waals surface area contributed by atoms with Crippen LogP contribution in [0.5, 0.6) is 5.75 Å². The van der Waals surface area contributed by atoms with Gasteiger partial charge in [-0.05, 0) is 13.0 Å². The fourth-order valence-electron chi connectivity index (χ4n) is 2.99. The lowest BCUT2D eigenvalue weighted by Gasteiger charge is -2.32. The van der Waals surface area contributed by atoms with E-state index >= 15 is 0 Å². The number of methoxy groups -OCH3 is 1. The van der Waals surface area contributed by atoms with Crippen molar-refractivity contribution in [2.24, 2.45) is 5.92 Å². The van der Waals surface area contributed by atoms with Gasteiger partial charge in [-0.25, -0.2) is 4.39 Å². The summed E-state index contributed by atoms with van der Waals surface area (Å²) >= 11 is 0. The van der Waals surface area contributed by atoms with Gasteiger partial charge in [-0.2, -0.15) is 17.6 Å². The Kier molecular flexibility index (Phi) is 4.40. The van der Waals surface area contributed by atoms with Gasteiger partial charge in [0.2, 0.25) is 5.82 Å². The third kappa shape index (κ3) is 2.58. The van der Waals surface area contributed by atoms with Crippen molar-refractivity contribution in [3.63, 3.8) is 0 Å². The zero-order chi connectivity index (χ0) is 17.6. The molecule has 0 amide bonds. The fraction of sp³-hybridized carbons (Fsp3) is 0.533. The molecule has 1 aromatic carbocycles. The maximum Gasteiger partial charge on any atom is 0.417 e. The molecule has 8 heteroatoms. The zero-order valence-electron chi connectivity index (χ0n) is 12.6. The summed E-state index contributed by atoms with van der Waals surface area (Å²) in [5, 5.41) is 0. The number of benzene rings is 1. The van der Waals surface area contributed by atoms with Crippen LogP contribution in [0, 0.1) is 17.6 Å². The fourth-order valence-corrected chi connectivity index (χ4v) is 2.99. The van der Waals surface area contributed by atoms with Crippen molar-refractivity contribution in [1.82, 2.24) is 0 Å². The number of carbonyl (C=O) groups is 1. The van der Waals surface area contributed by atoms with E-state index < -0.39 is 47.1 Å². The molecule has 0 aliphatic carbocycles. The lowest BCUT2D eigenvalue weighted by Crippen LogP contribution is -2.47. The number of ether oxygens (including phenoxy) is 2. The van der Waals surface area contributed by atoms with E-state index in [1.165, 1.54) is 6.92 Å². The van der Waals surface area contributed by atoms with Crippen molar-refractivity contribution in [2.75, 3.05) is 7.11 Å². The summed E-state index contributed by atoms with van der Waals surface area (Å²) < 4.78 is 76.8. The van der Waals surface area contributed by atoms with Gasteiger partial charge < -0.3 is 14.3 Å². The minimum atomic E-state index is -4.73. The normalized spacial score (nSPS) is 31.2. The van der Waals surface area contributed by atoms with Crippen molar-refractivity contribution >= 4 is 6.29 Å². The van der Waals surface area contributed by atoms with Crippen molar-refractivity contribution in [3.05, 3.63) is 29.3 Å². The first-order valence-electron chi connectivity index (χ1n) is 6.80. The topological polar surface area (TPSA) is 35.5 Å². The molecule has 1 unspecified atom stereocenters. The quantitative estimate of drug-likeness (QED) is 0.624. The number of hydrogen-bond acceptors (Lipinski definition) is 3. The molecule has 23 heavy (non-hydrogen) atoms. The molecule has 0 spiro atoms. The van der Waals surface area contributed by atoms with Crippen molar-refractivity contribution < 1.29 is 36.2 Å². The van der Waals surface area contributed by atoms with Crippen LogP contribution in [0.2, 0.25) is 0 Å². The largest absolute Gasteiger partial charge is 0.493 e. The first-order chi connectivity index (χ1) is 10.6. The zero-order valence-corrected chi connectivity index (χ0v) is 12.6. The number of rotatable bonds is 3. The number of halogens is 5. The molecule has 0 radical (unpaired) electrons. The average Bonchev–Trinajstić information content (AvgIpc) is 2.74. The highest BCUT2D eigenvalue weighted by Gasteiger charge is 2.64. The van der Waals surface area contributed by atoms with Crippen LogP contribution in [-0.4, -0.2) is 31.3 Å². The van der Waals surface area contributed by atoms with E-state index in [1.807, 2.05) is 0 Å². The molecule has 2 rings (SSSR count). The molecule has 0 N–H and O–H groups in total. The molecule has 0 bridgehead atoms. The molecule has 3 nitrogen and oxygen atoms in total. The van der Waals surface area contributed by atoms with Gasteiger partial charge in [-0.15, -0.1) is 0 Å². The number of hydrogen-bond donors (Lipinski definition) is 0. The number of carbonyl (C=O) groups excluding carboxylic acids is 1. The van der Waals surface area contributed by atoms with Crippen LogP contribution in [-0.2, 0) is 9.53 Å². The highest BCUT2D eigenvalue weighted by Crippen LogP contribution is 2.54.